The van der Waals surface area contributed by atoms with Gasteiger partial charge in [0.1, 0.15) is 0 Å². The van der Waals surface area contributed by atoms with Gasteiger partial charge in [-0.05, 0) is 0 Å². The van der Waals surface area contributed by atoms with E-state index in [9.17, 15) is 0 Å². The Morgan fingerprint density at radius 2 is 0.414 bits per heavy atom. The summed E-state index contributed by atoms with van der Waals surface area (Å²) in [6.45, 7) is 26.3. The molecule has 0 atom stereocenters. The van der Waals surface area contributed by atoms with Crippen molar-refractivity contribution in [1.29, 1.82) is 0 Å². The molecule has 0 aromatic heterocycles. The molecule has 0 nitrogen and oxygen atoms in total. The Bertz CT molecular complexity index is 1710. The van der Waals surface area contributed by atoms with Crippen molar-refractivity contribution in [2.75, 3.05) is 0 Å². The third-order valence-corrected chi connectivity index (χ3v) is 10.7. The van der Waals surface area contributed by atoms with Crippen molar-refractivity contribution < 1.29 is 179 Å². The molecule has 70 heavy (non-hydrogen) atoms. The standard InChI is InChI=1S/2C11H17.2C10H15.2C9H13.6ClH.4Zr/c2*1-3-4-5-6-11-8-7-10(2)9-11;2*1-3-4-5-10-7-6-9(2)8-10;2*1-3-4-9-6-5-8(2)7-9;;;;;;;;;;/h2*7-9H,3-6H2,1-2H3;2*6-8H,3-5H2,1-2H3;2*5-7H,3-4H2,1-2H3;6*1H;;;;/q6*-1;;;;;;;4*+4/p-6. The molecule has 10 heteroatoms. The summed E-state index contributed by atoms with van der Waals surface area (Å²) in [6.07, 6.45) is 23.3. The first kappa shape index (κ1) is 93.8. The van der Waals surface area contributed by atoms with E-state index in [0.717, 1.165) is 0 Å². The average molecular weight is 1390 g/mol. The fraction of sp³-hybridized carbons (Fsp3) is 0.500. The maximum Gasteiger partial charge on any atom is 4.00 e. The van der Waals surface area contributed by atoms with Gasteiger partial charge in [-0.15, -0.1) is 0 Å². The second-order valence-corrected chi connectivity index (χ2v) is 17.4. The Morgan fingerprint density at radius 3 is 0.557 bits per heavy atom. The summed E-state index contributed by atoms with van der Waals surface area (Å²) < 4.78 is 0. The van der Waals surface area contributed by atoms with Gasteiger partial charge in [0.15, 0.2) is 0 Å². The molecule has 0 bridgehead atoms. The van der Waals surface area contributed by atoms with Crippen LogP contribution < -0.4 is 74.4 Å². The van der Waals surface area contributed by atoms with Crippen molar-refractivity contribution in [3.63, 3.8) is 0 Å². The van der Waals surface area contributed by atoms with Gasteiger partial charge < -0.3 is 74.4 Å². The predicted molar refractivity (Wildman–Crippen MR) is 272 cm³/mol. The molecule has 6 aromatic rings. The number of rotatable bonds is 18. The number of aryl methyl sites for hydroxylation is 12. The quantitative estimate of drug-likeness (QED) is 0.0864. The van der Waals surface area contributed by atoms with E-state index in [1.54, 1.807) is 0 Å². The van der Waals surface area contributed by atoms with Crippen LogP contribution in [0.2, 0.25) is 0 Å². The van der Waals surface area contributed by atoms with E-state index in [0.29, 0.717) is 0 Å². The van der Waals surface area contributed by atoms with Crippen molar-refractivity contribution in [3.8, 4) is 0 Å². The summed E-state index contributed by atoms with van der Waals surface area (Å²) in [7, 11) is 0. The second kappa shape index (κ2) is 62.9. The Morgan fingerprint density at radius 1 is 0.243 bits per heavy atom. The summed E-state index contributed by atoms with van der Waals surface area (Å²) in [5, 5.41) is 0. The molecule has 6 aromatic carbocycles. The number of halogens is 6. The molecule has 0 saturated heterocycles. The van der Waals surface area contributed by atoms with Gasteiger partial charge in [-0.2, -0.15) is 140 Å². The van der Waals surface area contributed by atoms with E-state index in [-0.39, 0.29) is 179 Å². The molecule has 0 aliphatic heterocycles. The predicted octanol–water partition coefficient (Wildman–Crippen LogP) is 0.353. The minimum absolute atomic E-state index is 0. The molecular weight excluding hydrogens is 1300 g/mol. The third-order valence-electron chi connectivity index (χ3n) is 10.7. The summed E-state index contributed by atoms with van der Waals surface area (Å²) in [5.41, 5.74) is 17.3. The van der Waals surface area contributed by atoms with Crippen molar-refractivity contribution in [2.45, 2.75) is 199 Å². The first-order valence-electron chi connectivity index (χ1n) is 24.3. The van der Waals surface area contributed by atoms with Crippen LogP contribution in [0.25, 0.3) is 0 Å². The van der Waals surface area contributed by atoms with Crippen molar-refractivity contribution in [3.05, 3.63) is 176 Å². The Hall–Kier alpha value is 1.37. The zero-order valence-electron chi connectivity index (χ0n) is 45.4. The molecule has 384 valence electrons. The third kappa shape index (κ3) is 51.5. The minimum Gasteiger partial charge on any atom is -1.00 e. The van der Waals surface area contributed by atoms with Gasteiger partial charge in [0.2, 0.25) is 0 Å². The van der Waals surface area contributed by atoms with E-state index in [4.69, 9.17) is 0 Å². The zero-order valence-corrected chi connectivity index (χ0v) is 59.8. The van der Waals surface area contributed by atoms with Crippen LogP contribution in [0.3, 0.4) is 0 Å². The molecular formula is C60H90Cl6Zr4+4. The van der Waals surface area contributed by atoms with Crippen LogP contribution in [-0.2, 0) is 143 Å². The fourth-order valence-corrected chi connectivity index (χ4v) is 7.19. The van der Waals surface area contributed by atoms with Gasteiger partial charge in [-0.1, -0.05) is 199 Å². The van der Waals surface area contributed by atoms with Gasteiger partial charge in [0.25, 0.3) is 0 Å². The molecule has 0 spiro atoms. The van der Waals surface area contributed by atoms with Crippen LogP contribution >= 0.6 is 0 Å². The Labute approximate surface area is 547 Å². The molecule has 0 saturated carbocycles. The van der Waals surface area contributed by atoms with E-state index in [2.05, 4.69) is 192 Å². The molecule has 0 aliphatic carbocycles. The molecule has 0 heterocycles. The van der Waals surface area contributed by atoms with Crippen LogP contribution in [0.5, 0.6) is 0 Å². The summed E-state index contributed by atoms with van der Waals surface area (Å²) in [4.78, 5) is 0. The van der Waals surface area contributed by atoms with Crippen LogP contribution in [0.1, 0.15) is 185 Å². The van der Waals surface area contributed by atoms with Crippen LogP contribution in [0.4, 0.5) is 0 Å². The zero-order chi connectivity index (χ0) is 44.4. The van der Waals surface area contributed by atoms with Crippen LogP contribution in [0, 0.1) is 41.5 Å². The summed E-state index contributed by atoms with van der Waals surface area (Å²) >= 11 is 0. The first-order chi connectivity index (χ1) is 29.0. The Balaban J connectivity index is -0.0000000751. The largest absolute Gasteiger partial charge is 4.00 e. The smallest absolute Gasteiger partial charge is 1.00 e. The van der Waals surface area contributed by atoms with E-state index in [1.165, 1.54) is 182 Å². The van der Waals surface area contributed by atoms with Crippen molar-refractivity contribution in [1.82, 2.24) is 0 Å². The van der Waals surface area contributed by atoms with E-state index < -0.39 is 0 Å². The topological polar surface area (TPSA) is 0 Å². The molecule has 0 unspecified atom stereocenters. The number of hydrogen-bond donors (Lipinski definition) is 0. The number of unbranched alkanes of at least 4 members (excludes halogenated alkanes) is 6. The summed E-state index contributed by atoms with van der Waals surface area (Å²) in [5.74, 6) is 0. The SMILES string of the molecule is CCCCCc1cc[c-](C)c1.CCCCCc1cc[c-](C)c1.CCCCc1cc[c-](C)c1.CCCCc1cc[c-](C)c1.CCCc1cc[c-](C)c1.CCCc1cc[c-](C)c1.[Cl-].[Cl-].[Cl-].[Cl-].[Cl-].[Cl-].[Zr+4].[Zr+4].[Zr+4].[Zr+4]. The van der Waals surface area contributed by atoms with Crippen molar-refractivity contribution >= 4 is 0 Å². The van der Waals surface area contributed by atoms with E-state index >= 15 is 0 Å². The average Bonchev–Trinajstić information content (AvgIpc) is 4.11. The maximum absolute atomic E-state index is 2.29. The monoisotopic (exact) mass is 1380 g/mol. The van der Waals surface area contributed by atoms with Crippen molar-refractivity contribution in [2.24, 2.45) is 0 Å². The van der Waals surface area contributed by atoms with Gasteiger partial charge in [0, 0.05) is 0 Å². The van der Waals surface area contributed by atoms with Crippen LogP contribution in [0.15, 0.2) is 109 Å². The molecule has 0 fully saturated rings. The van der Waals surface area contributed by atoms with Crippen LogP contribution in [-0.4, -0.2) is 0 Å². The normalized spacial score (nSPS) is 8.74. The summed E-state index contributed by atoms with van der Waals surface area (Å²) in [6, 6.07) is 40.1. The molecule has 0 aliphatic rings. The Kier molecular flexibility index (Phi) is 84.3. The molecule has 0 amide bonds. The maximum atomic E-state index is 2.29. The van der Waals surface area contributed by atoms with Gasteiger partial charge in [-0.3, -0.25) is 0 Å². The van der Waals surface area contributed by atoms with Gasteiger partial charge >= 0.3 is 105 Å². The van der Waals surface area contributed by atoms with Gasteiger partial charge in [0.05, 0.1) is 0 Å². The van der Waals surface area contributed by atoms with Gasteiger partial charge in [-0.25, -0.2) is 36.4 Å². The molecule has 0 radical (unpaired) electrons. The minimum atomic E-state index is 0. The molecule has 0 N–H and O–H groups in total. The second-order valence-electron chi connectivity index (χ2n) is 17.4. The molecule has 6 rings (SSSR count). The number of hydrogen-bond acceptors (Lipinski definition) is 0. The first-order valence-corrected chi connectivity index (χ1v) is 24.3. The fourth-order valence-electron chi connectivity index (χ4n) is 7.19. The van der Waals surface area contributed by atoms with E-state index in [1.807, 2.05) is 0 Å².